The predicted molar refractivity (Wildman–Crippen MR) is 64.4 cm³/mol. The minimum absolute atomic E-state index is 0.122. The van der Waals surface area contributed by atoms with Crippen LogP contribution in [0.15, 0.2) is 28.8 Å². The van der Waals surface area contributed by atoms with Gasteiger partial charge in [0.25, 0.3) is 0 Å². The van der Waals surface area contributed by atoms with Gasteiger partial charge in [-0.3, -0.25) is 0 Å². The van der Waals surface area contributed by atoms with Crippen LogP contribution in [0.1, 0.15) is 5.56 Å². The fourth-order valence-electron chi connectivity index (χ4n) is 1.20. The van der Waals surface area contributed by atoms with Crippen LogP contribution in [0.4, 0.5) is 4.39 Å². The van der Waals surface area contributed by atoms with E-state index in [4.69, 9.17) is 33.7 Å². The Labute approximate surface area is 104 Å². The van der Waals surface area contributed by atoms with E-state index in [1.807, 2.05) is 0 Å². The molecule has 5 heteroatoms. The van der Waals surface area contributed by atoms with E-state index in [1.165, 1.54) is 17.7 Å². The lowest BCUT2D eigenvalue weighted by Crippen LogP contribution is -2.04. The number of rotatable bonds is 5. The third kappa shape index (κ3) is 4.39. The highest BCUT2D eigenvalue weighted by atomic mass is 35.5. The van der Waals surface area contributed by atoms with Crippen LogP contribution in [0.2, 0.25) is 0 Å². The molecule has 0 aromatic heterocycles. The van der Waals surface area contributed by atoms with Crippen LogP contribution in [0.5, 0.6) is 5.75 Å². The van der Waals surface area contributed by atoms with E-state index in [-0.39, 0.29) is 12.4 Å². The van der Waals surface area contributed by atoms with Gasteiger partial charge in [-0.1, -0.05) is 23.2 Å². The van der Waals surface area contributed by atoms with Crippen molar-refractivity contribution in [2.24, 2.45) is 5.73 Å². The van der Waals surface area contributed by atoms with E-state index in [0.29, 0.717) is 23.7 Å². The molecule has 1 aromatic carbocycles. The second-order valence-electron chi connectivity index (χ2n) is 3.18. The van der Waals surface area contributed by atoms with Gasteiger partial charge < -0.3 is 10.5 Å². The largest absolute Gasteiger partial charge is 0.488 e. The van der Waals surface area contributed by atoms with E-state index in [1.54, 1.807) is 6.07 Å². The molecule has 1 aromatic rings. The quantitative estimate of drug-likeness (QED) is 0.887. The van der Waals surface area contributed by atoms with Crippen LogP contribution >= 0.6 is 23.2 Å². The van der Waals surface area contributed by atoms with Crippen molar-refractivity contribution in [1.82, 2.24) is 0 Å². The van der Waals surface area contributed by atoms with Gasteiger partial charge in [0.15, 0.2) is 0 Å². The molecule has 0 aliphatic rings. The molecular formula is C11H12Cl2FNO. The van der Waals surface area contributed by atoms with E-state index < -0.39 is 0 Å². The standard InChI is InChI=1S/C11H12Cl2FNO/c12-6-9(13)7-16-11-4-8(1-2-15)3-10(14)5-11/h3-6H,1-2,7,15H2/b9-6-. The number of nitrogens with two attached hydrogens (primary N) is 1. The molecule has 0 saturated carbocycles. The number of ether oxygens (including phenoxy) is 1. The first-order valence-electron chi connectivity index (χ1n) is 4.73. The molecule has 88 valence electrons. The van der Waals surface area contributed by atoms with E-state index in [2.05, 4.69) is 0 Å². The van der Waals surface area contributed by atoms with E-state index >= 15 is 0 Å². The fraction of sp³-hybridized carbons (Fsp3) is 0.273. The highest BCUT2D eigenvalue weighted by Gasteiger charge is 2.02. The summed E-state index contributed by atoms with van der Waals surface area (Å²) in [6, 6.07) is 4.45. The Balaban J connectivity index is 2.72. The Bertz CT molecular complexity index is 382. The van der Waals surface area contributed by atoms with Crippen molar-refractivity contribution in [3.05, 3.63) is 40.1 Å². The summed E-state index contributed by atoms with van der Waals surface area (Å²) in [4.78, 5) is 0. The van der Waals surface area contributed by atoms with Gasteiger partial charge in [0, 0.05) is 11.6 Å². The van der Waals surface area contributed by atoms with Crippen LogP contribution in [0.3, 0.4) is 0 Å². The highest BCUT2D eigenvalue weighted by Crippen LogP contribution is 2.18. The summed E-state index contributed by atoms with van der Waals surface area (Å²) in [7, 11) is 0. The molecule has 0 aliphatic carbocycles. The zero-order chi connectivity index (χ0) is 12.0. The maximum absolute atomic E-state index is 13.2. The second kappa shape index (κ2) is 6.74. The van der Waals surface area contributed by atoms with Crippen molar-refractivity contribution in [3.63, 3.8) is 0 Å². The van der Waals surface area contributed by atoms with Gasteiger partial charge in [-0.25, -0.2) is 4.39 Å². The zero-order valence-corrected chi connectivity index (χ0v) is 10.1. The molecule has 2 N–H and O–H groups in total. The van der Waals surface area contributed by atoms with Crippen LogP contribution in [0, 0.1) is 5.82 Å². The fourth-order valence-corrected chi connectivity index (χ4v) is 1.32. The van der Waals surface area contributed by atoms with Gasteiger partial charge in [-0.15, -0.1) is 0 Å². The summed E-state index contributed by atoms with van der Waals surface area (Å²) in [5.41, 5.74) is 7.40. The van der Waals surface area contributed by atoms with Gasteiger partial charge in [0.2, 0.25) is 0 Å². The lowest BCUT2D eigenvalue weighted by molar-refractivity contribution is 0.356. The lowest BCUT2D eigenvalue weighted by atomic mass is 10.1. The Kier molecular flexibility index (Phi) is 5.60. The number of hydrogen-bond donors (Lipinski definition) is 1. The minimum atomic E-state index is -0.355. The molecule has 2 nitrogen and oxygen atoms in total. The minimum Gasteiger partial charge on any atom is -0.488 e. The first-order chi connectivity index (χ1) is 7.65. The molecule has 0 heterocycles. The van der Waals surface area contributed by atoms with Crippen molar-refractivity contribution in [2.45, 2.75) is 6.42 Å². The second-order valence-corrected chi connectivity index (χ2v) is 3.88. The summed E-state index contributed by atoms with van der Waals surface area (Å²) in [5.74, 6) is 0.0621. The lowest BCUT2D eigenvalue weighted by Gasteiger charge is -2.07. The molecule has 0 radical (unpaired) electrons. The topological polar surface area (TPSA) is 35.2 Å². The molecule has 0 bridgehead atoms. The average molecular weight is 264 g/mol. The Morgan fingerprint density at radius 2 is 2.19 bits per heavy atom. The van der Waals surface area contributed by atoms with Crippen molar-refractivity contribution >= 4 is 23.2 Å². The molecule has 0 spiro atoms. The van der Waals surface area contributed by atoms with Crippen molar-refractivity contribution in [1.29, 1.82) is 0 Å². The van der Waals surface area contributed by atoms with Gasteiger partial charge in [0.1, 0.15) is 18.2 Å². The monoisotopic (exact) mass is 263 g/mol. The summed E-state index contributed by atoms with van der Waals surface area (Å²) >= 11 is 11.0. The SMILES string of the molecule is NCCc1cc(F)cc(OC/C(Cl)=C/Cl)c1. The maximum atomic E-state index is 13.2. The average Bonchev–Trinajstić information content (AvgIpc) is 2.25. The summed E-state index contributed by atoms with van der Waals surface area (Å²) in [5, 5.41) is 0.353. The summed E-state index contributed by atoms with van der Waals surface area (Å²) in [6.07, 6.45) is 0.604. The zero-order valence-electron chi connectivity index (χ0n) is 8.55. The van der Waals surface area contributed by atoms with Gasteiger partial charge in [-0.2, -0.15) is 0 Å². The normalized spacial score (nSPS) is 11.6. The van der Waals surface area contributed by atoms with Crippen LogP contribution in [0.25, 0.3) is 0 Å². The third-order valence-electron chi connectivity index (χ3n) is 1.86. The number of halogens is 3. The first-order valence-corrected chi connectivity index (χ1v) is 5.54. The Hall–Kier alpha value is -0.770. The van der Waals surface area contributed by atoms with Crippen LogP contribution in [-0.2, 0) is 6.42 Å². The highest BCUT2D eigenvalue weighted by molar-refractivity contribution is 6.36. The molecule has 1 rings (SSSR count). The smallest absolute Gasteiger partial charge is 0.127 e. The van der Waals surface area contributed by atoms with Crippen molar-refractivity contribution < 1.29 is 9.13 Å². The predicted octanol–water partition coefficient (Wildman–Crippen LogP) is 3.02. The van der Waals surface area contributed by atoms with Gasteiger partial charge in [0.05, 0.1) is 5.03 Å². The summed E-state index contributed by atoms with van der Waals surface area (Å²) in [6.45, 7) is 0.585. The Morgan fingerprint density at radius 3 is 2.81 bits per heavy atom. The molecule has 16 heavy (non-hydrogen) atoms. The van der Waals surface area contributed by atoms with Crippen LogP contribution in [-0.4, -0.2) is 13.2 Å². The van der Waals surface area contributed by atoms with E-state index in [0.717, 1.165) is 5.56 Å². The summed E-state index contributed by atoms with van der Waals surface area (Å²) < 4.78 is 18.4. The molecule has 0 aliphatic heterocycles. The molecule has 0 atom stereocenters. The van der Waals surface area contributed by atoms with Gasteiger partial charge in [-0.05, 0) is 30.7 Å². The van der Waals surface area contributed by atoms with Gasteiger partial charge >= 0.3 is 0 Å². The van der Waals surface area contributed by atoms with Crippen LogP contribution < -0.4 is 10.5 Å². The first kappa shape index (κ1) is 13.3. The molecule has 0 fully saturated rings. The maximum Gasteiger partial charge on any atom is 0.127 e. The van der Waals surface area contributed by atoms with Crippen molar-refractivity contribution in [2.75, 3.05) is 13.2 Å². The molecular weight excluding hydrogens is 252 g/mol. The Morgan fingerprint density at radius 1 is 1.44 bits per heavy atom. The number of benzene rings is 1. The molecule has 0 unspecified atom stereocenters. The van der Waals surface area contributed by atoms with E-state index in [9.17, 15) is 4.39 Å². The third-order valence-corrected chi connectivity index (χ3v) is 2.45. The van der Waals surface area contributed by atoms with Crippen molar-refractivity contribution in [3.8, 4) is 5.75 Å². The molecule has 0 amide bonds. The molecule has 0 saturated heterocycles. The number of hydrogen-bond acceptors (Lipinski definition) is 2.